The Morgan fingerprint density at radius 3 is 2.32 bits per heavy atom. The number of hydrogen-bond donors (Lipinski definition) is 2. The molecular formula is C16H22N4O2. The van der Waals surface area contributed by atoms with Crippen LogP contribution >= 0.6 is 0 Å². The molecule has 22 heavy (non-hydrogen) atoms. The average molecular weight is 302 g/mol. The van der Waals surface area contributed by atoms with Crippen molar-refractivity contribution < 1.29 is 9.47 Å². The minimum atomic E-state index is -0.0660. The minimum Gasteiger partial charge on any atom is -0.497 e. The third-order valence-electron chi connectivity index (χ3n) is 2.84. The second-order valence-corrected chi connectivity index (χ2v) is 5.85. The highest BCUT2D eigenvalue weighted by atomic mass is 16.5. The standard InChI is InChI=1S/C16H22N4O2/c1-16(2,3)20-15-9-14(17-10-18-15)19-12-7-6-11(21-4)8-13(12)22-5/h6-10H,1-5H3,(H2,17,18,19,20). The van der Waals surface area contributed by atoms with Crippen LogP contribution in [0.2, 0.25) is 0 Å². The molecule has 6 nitrogen and oxygen atoms in total. The van der Waals surface area contributed by atoms with E-state index in [2.05, 4.69) is 41.4 Å². The number of nitrogens with zero attached hydrogens (tertiary/aromatic N) is 2. The second kappa shape index (κ2) is 6.51. The monoisotopic (exact) mass is 302 g/mol. The van der Waals surface area contributed by atoms with E-state index < -0.39 is 0 Å². The zero-order chi connectivity index (χ0) is 16.2. The summed E-state index contributed by atoms with van der Waals surface area (Å²) in [5.74, 6) is 2.87. The fraction of sp³-hybridized carbons (Fsp3) is 0.375. The first kappa shape index (κ1) is 15.9. The highest BCUT2D eigenvalue weighted by Crippen LogP contribution is 2.31. The van der Waals surface area contributed by atoms with Crippen molar-refractivity contribution in [2.45, 2.75) is 26.3 Å². The van der Waals surface area contributed by atoms with Crippen LogP contribution in [0.1, 0.15) is 20.8 Å². The number of rotatable bonds is 5. The van der Waals surface area contributed by atoms with Crippen molar-refractivity contribution in [2.75, 3.05) is 24.9 Å². The molecule has 1 aromatic heterocycles. The number of nitrogens with one attached hydrogen (secondary N) is 2. The van der Waals surface area contributed by atoms with Gasteiger partial charge in [-0.25, -0.2) is 9.97 Å². The Balaban J connectivity index is 2.22. The number of benzene rings is 1. The van der Waals surface area contributed by atoms with Crippen molar-refractivity contribution in [1.29, 1.82) is 0 Å². The first-order valence-corrected chi connectivity index (χ1v) is 7.00. The third-order valence-corrected chi connectivity index (χ3v) is 2.84. The molecule has 1 heterocycles. The molecule has 0 radical (unpaired) electrons. The van der Waals surface area contributed by atoms with Crippen molar-refractivity contribution in [1.82, 2.24) is 9.97 Å². The van der Waals surface area contributed by atoms with Gasteiger partial charge in [-0.15, -0.1) is 0 Å². The Kier molecular flexibility index (Phi) is 4.70. The van der Waals surface area contributed by atoms with E-state index in [1.54, 1.807) is 14.2 Å². The summed E-state index contributed by atoms with van der Waals surface area (Å²) < 4.78 is 10.6. The van der Waals surface area contributed by atoms with E-state index in [1.165, 1.54) is 6.33 Å². The molecule has 0 bridgehead atoms. The van der Waals surface area contributed by atoms with E-state index in [9.17, 15) is 0 Å². The van der Waals surface area contributed by atoms with Crippen molar-refractivity contribution in [2.24, 2.45) is 0 Å². The molecule has 2 aromatic rings. The van der Waals surface area contributed by atoms with Crippen molar-refractivity contribution in [3.8, 4) is 11.5 Å². The molecule has 0 aliphatic rings. The Morgan fingerprint density at radius 2 is 1.68 bits per heavy atom. The quantitative estimate of drug-likeness (QED) is 0.881. The summed E-state index contributed by atoms with van der Waals surface area (Å²) in [7, 11) is 3.24. The van der Waals surface area contributed by atoms with Crippen LogP contribution in [-0.4, -0.2) is 29.7 Å². The first-order chi connectivity index (χ1) is 10.4. The number of anilines is 3. The van der Waals surface area contributed by atoms with Gasteiger partial charge in [-0.05, 0) is 32.9 Å². The molecule has 2 N–H and O–H groups in total. The van der Waals surface area contributed by atoms with Gasteiger partial charge >= 0.3 is 0 Å². The Hall–Kier alpha value is -2.50. The molecule has 0 aliphatic heterocycles. The summed E-state index contributed by atoms with van der Waals surface area (Å²) in [5.41, 5.74) is 0.743. The Morgan fingerprint density at radius 1 is 0.955 bits per heavy atom. The normalized spacial score (nSPS) is 11.0. The lowest BCUT2D eigenvalue weighted by Crippen LogP contribution is -2.26. The minimum absolute atomic E-state index is 0.0660. The first-order valence-electron chi connectivity index (χ1n) is 7.00. The van der Waals surface area contributed by atoms with Crippen LogP contribution in [0, 0.1) is 0 Å². The van der Waals surface area contributed by atoms with E-state index in [4.69, 9.17) is 9.47 Å². The zero-order valence-electron chi connectivity index (χ0n) is 13.6. The van der Waals surface area contributed by atoms with Gasteiger partial charge in [0.15, 0.2) is 0 Å². The second-order valence-electron chi connectivity index (χ2n) is 5.85. The maximum absolute atomic E-state index is 5.37. The fourth-order valence-corrected chi connectivity index (χ4v) is 1.92. The molecule has 0 spiro atoms. The van der Waals surface area contributed by atoms with Crippen LogP contribution in [0.3, 0.4) is 0 Å². The third kappa shape index (κ3) is 4.25. The smallest absolute Gasteiger partial charge is 0.146 e. The fourth-order valence-electron chi connectivity index (χ4n) is 1.92. The molecule has 0 saturated heterocycles. The van der Waals surface area contributed by atoms with Crippen LogP contribution in [0.25, 0.3) is 0 Å². The maximum Gasteiger partial charge on any atom is 0.146 e. The molecule has 0 fully saturated rings. The van der Waals surface area contributed by atoms with Gasteiger partial charge in [0.2, 0.25) is 0 Å². The summed E-state index contributed by atoms with van der Waals surface area (Å²) in [6.07, 6.45) is 1.52. The molecule has 0 amide bonds. The molecule has 0 saturated carbocycles. The molecule has 0 atom stereocenters. The molecule has 0 aliphatic carbocycles. The summed E-state index contributed by atoms with van der Waals surface area (Å²) in [5, 5.41) is 6.54. The van der Waals surface area contributed by atoms with Crippen molar-refractivity contribution >= 4 is 17.3 Å². The van der Waals surface area contributed by atoms with Gasteiger partial charge < -0.3 is 20.1 Å². The van der Waals surface area contributed by atoms with E-state index >= 15 is 0 Å². The van der Waals surface area contributed by atoms with E-state index in [0.717, 1.165) is 17.3 Å². The van der Waals surface area contributed by atoms with Gasteiger partial charge in [0.1, 0.15) is 29.5 Å². The van der Waals surface area contributed by atoms with Gasteiger partial charge in [0.25, 0.3) is 0 Å². The predicted molar refractivity (Wildman–Crippen MR) is 88.2 cm³/mol. The zero-order valence-corrected chi connectivity index (χ0v) is 13.6. The number of methoxy groups -OCH3 is 2. The largest absolute Gasteiger partial charge is 0.497 e. The van der Waals surface area contributed by atoms with Crippen LogP contribution in [-0.2, 0) is 0 Å². The number of ether oxygens (including phenoxy) is 2. The van der Waals surface area contributed by atoms with Gasteiger partial charge in [-0.2, -0.15) is 0 Å². The molecule has 0 unspecified atom stereocenters. The maximum atomic E-state index is 5.37. The van der Waals surface area contributed by atoms with Gasteiger partial charge in [-0.3, -0.25) is 0 Å². The highest BCUT2D eigenvalue weighted by molar-refractivity contribution is 5.66. The Bertz CT molecular complexity index is 638. The van der Waals surface area contributed by atoms with E-state index in [-0.39, 0.29) is 5.54 Å². The van der Waals surface area contributed by atoms with Crippen LogP contribution in [0.15, 0.2) is 30.6 Å². The summed E-state index contributed by atoms with van der Waals surface area (Å²) >= 11 is 0. The van der Waals surface area contributed by atoms with Crippen molar-refractivity contribution in [3.05, 3.63) is 30.6 Å². The summed E-state index contributed by atoms with van der Waals surface area (Å²) in [6, 6.07) is 7.42. The Labute approximate surface area is 130 Å². The van der Waals surface area contributed by atoms with Crippen LogP contribution in [0.5, 0.6) is 11.5 Å². The SMILES string of the molecule is COc1ccc(Nc2cc(NC(C)(C)C)ncn2)c(OC)c1. The molecule has 2 rings (SSSR count). The van der Waals surface area contributed by atoms with Crippen LogP contribution < -0.4 is 20.1 Å². The van der Waals surface area contributed by atoms with Gasteiger partial charge in [-0.1, -0.05) is 0 Å². The van der Waals surface area contributed by atoms with E-state index in [1.807, 2.05) is 24.3 Å². The molecule has 118 valence electrons. The van der Waals surface area contributed by atoms with Gasteiger partial charge in [0.05, 0.1) is 19.9 Å². The summed E-state index contributed by atoms with van der Waals surface area (Å²) in [6.45, 7) is 6.23. The topological polar surface area (TPSA) is 68.3 Å². The van der Waals surface area contributed by atoms with Crippen LogP contribution in [0.4, 0.5) is 17.3 Å². The lowest BCUT2D eigenvalue weighted by atomic mass is 10.1. The predicted octanol–water partition coefficient (Wildman–Crippen LogP) is 3.45. The van der Waals surface area contributed by atoms with Crippen molar-refractivity contribution in [3.63, 3.8) is 0 Å². The number of hydrogen-bond acceptors (Lipinski definition) is 6. The molecule has 1 aromatic carbocycles. The molecule has 6 heteroatoms. The van der Waals surface area contributed by atoms with Gasteiger partial charge in [0, 0.05) is 17.7 Å². The average Bonchev–Trinajstić information content (AvgIpc) is 2.46. The number of aromatic nitrogens is 2. The lowest BCUT2D eigenvalue weighted by molar-refractivity contribution is 0.395. The lowest BCUT2D eigenvalue weighted by Gasteiger charge is -2.21. The summed E-state index contributed by atoms with van der Waals surface area (Å²) in [4.78, 5) is 8.46. The molecular weight excluding hydrogens is 280 g/mol. The highest BCUT2D eigenvalue weighted by Gasteiger charge is 2.11. The van der Waals surface area contributed by atoms with E-state index in [0.29, 0.717) is 11.6 Å².